The molecule has 1 aliphatic heterocycles. The van der Waals surface area contributed by atoms with Crippen molar-refractivity contribution in [2.75, 3.05) is 70.3 Å². The number of anilines is 1. The van der Waals surface area contributed by atoms with Crippen molar-refractivity contribution in [3.05, 3.63) is 29.8 Å². The van der Waals surface area contributed by atoms with Crippen LogP contribution in [-0.4, -0.2) is 92.3 Å². The molecule has 0 atom stereocenters. The first-order valence-corrected chi connectivity index (χ1v) is 12.1. The third kappa shape index (κ3) is 7.62. The minimum absolute atomic E-state index is 0.110. The molecule has 1 aromatic rings. The normalized spacial score (nSPS) is 15.0. The number of amides is 1. The lowest BCUT2D eigenvalue weighted by molar-refractivity contribution is -0.136. The van der Waals surface area contributed by atoms with Gasteiger partial charge >= 0.3 is 0 Å². The van der Waals surface area contributed by atoms with Gasteiger partial charge in [-0.15, -0.1) is 0 Å². The van der Waals surface area contributed by atoms with Gasteiger partial charge in [0.1, 0.15) is 6.29 Å². The molecule has 0 N–H and O–H groups in total. The van der Waals surface area contributed by atoms with E-state index < -0.39 is 0 Å². The molecule has 0 spiro atoms. The lowest BCUT2D eigenvalue weighted by Gasteiger charge is -2.36. The summed E-state index contributed by atoms with van der Waals surface area (Å²) in [4.78, 5) is 33.5. The summed E-state index contributed by atoms with van der Waals surface area (Å²) in [5.74, 6) is 0.439. The molecule has 0 aromatic heterocycles. The van der Waals surface area contributed by atoms with E-state index in [4.69, 9.17) is 0 Å². The summed E-state index contributed by atoms with van der Waals surface area (Å²) in [7, 11) is 0. The summed E-state index contributed by atoms with van der Waals surface area (Å²) in [5.41, 5.74) is 1.84. The first-order valence-electron chi connectivity index (χ1n) is 12.1. The van der Waals surface area contributed by atoms with Crippen LogP contribution in [0.3, 0.4) is 0 Å². The van der Waals surface area contributed by atoms with Crippen LogP contribution in [-0.2, 0) is 4.79 Å². The SMILES string of the molecule is CCN(CC)CCN(CCN(CC)CC)C(=O)C1CCN(c2ccc(C=O)cc2)CC1. The number of aldehydes is 1. The quantitative estimate of drug-likeness (QED) is 0.450. The summed E-state index contributed by atoms with van der Waals surface area (Å²) in [5, 5.41) is 0. The minimum Gasteiger partial charge on any atom is -0.371 e. The summed E-state index contributed by atoms with van der Waals surface area (Å²) < 4.78 is 0. The second kappa shape index (κ2) is 13.5. The molecule has 1 heterocycles. The van der Waals surface area contributed by atoms with E-state index >= 15 is 0 Å². The monoisotopic (exact) mass is 430 g/mol. The van der Waals surface area contributed by atoms with E-state index in [1.807, 2.05) is 24.3 Å². The van der Waals surface area contributed by atoms with Gasteiger partial charge in [0, 0.05) is 56.4 Å². The Kier molecular flexibility index (Phi) is 11.0. The Labute approximate surface area is 189 Å². The van der Waals surface area contributed by atoms with Crippen molar-refractivity contribution in [3.63, 3.8) is 0 Å². The van der Waals surface area contributed by atoms with E-state index in [1.54, 1.807) is 0 Å². The number of hydrogen-bond donors (Lipinski definition) is 0. The summed E-state index contributed by atoms with van der Waals surface area (Å²) in [6.07, 6.45) is 2.66. The van der Waals surface area contributed by atoms with E-state index in [9.17, 15) is 9.59 Å². The lowest BCUT2D eigenvalue weighted by atomic mass is 9.94. The third-order valence-electron chi connectivity index (χ3n) is 6.71. The van der Waals surface area contributed by atoms with Crippen LogP contribution in [0.4, 0.5) is 5.69 Å². The Morgan fingerprint density at radius 2 is 1.35 bits per heavy atom. The van der Waals surface area contributed by atoms with Crippen molar-refractivity contribution in [1.82, 2.24) is 14.7 Å². The Morgan fingerprint density at radius 3 is 1.77 bits per heavy atom. The molecule has 1 fully saturated rings. The molecule has 2 rings (SSSR count). The maximum absolute atomic E-state index is 13.4. The number of hydrogen-bond acceptors (Lipinski definition) is 5. The highest BCUT2D eigenvalue weighted by atomic mass is 16.2. The zero-order valence-electron chi connectivity index (χ0n) is 20.1. The lowest BCUT2D eigenvalue weighted by Crippen LogP contribution is -2.47. The number of piperidine rings is 1. The summed E-state index contributed by atoms with van der Waals surface area (Å²) >= 11 is 0. The van der Waals surface area contributed by atoms with Crippen molar-refractivity contribution in [3.8, 4) is 0 Å². The predicted octanol–water partition coefficient (Wildman–Crippen LogP) is 3.23. The molecule has 174 valence electrons. The van der Waals surface area contributed by atoms with Gasteiger partial charge < -0.3 is 19.6 Å². The number of likely N-dealkylation sites (N-methyl/N-ethyl adjacent to an activating group) is 2. The first kappa shape index (κ1) is 25.3. The highest BCUT2D eigenvalue weighted by Gasteiger charge is 2.29. The average molecular weight is 431 g/mol. The maximum atomic E-state index is 13.4. The van der Waals surface area contributed by atoms with Gasteiger partial charge in [0.15, 0.2) is 0 Å². The average Bonchev–Trinajstić information content (AvgIpc) is 2.83. The van der Waals surface area contributed by atoms with Crippen LogP contribution in [0.5, 0.6) is 0 Å². The fraction of sp³-hybridized carbons (Fsp3) is 0.680. The van der Waals surface area contributed by atoms with E-state index in [0.717, 1.165) is 90.3 Å². The molecule has 6 heteroatoms. The zero-order valence-corrected chi connectivity index (χ0v) is 20.1. The van der Waals surface area contributed by atoms with Gasteiger partial charge in [0.2, 0.25) is 5.91 Å². The highest BCUT2D eigenvalue weighted by Crippen LogP contribution is 2.25. The number of nitrogens with zero attached hydrogens (tertiary/aromatic N) is 4. The topological polar surface area (TPSA) is 47.1 Å². The standard InChI is InChI=1S/C25H42N4O2/c1-5-26(6-2)17-19-29(20-18-27(7-3)8-4)25(31)23-13-15-28(16-14-23)24-11-9-22(21-30)10-12-24/h9-12,21,23H,5-8,13-20H2,1-4H3. The molecule has 0 radical (unpaired) electrons. The fourth-order valence-electron chi connectivity index (χ4n) is 4.34. The van der Waals surface area contributed by atoms with Crippen LogP contribution in [0, 0.1) is 5.92 Å². The second-order valence-corrected chi connectivity index (χ2v) is 8.35. The van der Waals surface area contributed by atoms with Gasteiger partial charge in [-0.2, -0.15) is 0 Å². The number of carbonyl (C=O) groups is 2. The summed E-state index contributed by atoms with van der Waals surface area (Å²) in [6, 6.07) is 7.74. The minimum atomic E-state index is 0.110. The first-order chi connectivity index (χ1) is 15.1. The van der Waals surface area contributed by atoms with Crippen molar-refractivity contribution in [1.29, 1.82) is 0 Å². The van der Waals surface area contributed by atoms with Gasteiger partial charge in [0.25, 0.3) is 0 Å². The smallest absolute Gasteiger partial charge is 0.225 e. The van der Waals surface area contributed by atoms with Crippen molar-refractivity contribution in [2.24, 2.45) is 5.92 Å². The van der Waals surface area contributed by atoms with Gasteiger partial charge in [-0.3, -0.25) is 9.59 Å². The molecule has 0 aliphatic carbocycles. The van der Waals surface area contributed by atoms with E-state index in [1.165, 1.54) is 0 Å². The van der Waals surface area contributed by atoms with Gasteiger partial charge in [-0.05, 0) is 63.3 Å². The van der Waals surface area contributed by atoms with Crippen LogP contribution in [0.15, 0.2) is 24.3 Å². The Bertz CT molecular complexity index is 632. The van der Waals surface area contributed by atoms with Crippen LogP contribution in [0.2, 0.25) is 0 Å². The van der Waals surface area contributed by atoms with Gasteiger partial charge in [-0.1, -0.05) is 27.7 Å². The second-order valence-electron chi connectivity index (χ2n) is 8.35. The van der Waals surface area contributed by atoms with Gasteiger partial charge in [0.05, 0.1) is 0 Å². The molecule has 1 saturated heterocycles. The van der Waals surface area contributed by atoms with E-state index in [0.29, 0.717) is 11.5 Å². The Hall–Kier alpha value is -1.92. The molecular weight excluding hydrogens is 388 g/mol. The molecule has 1 amide bonds. The van der Waals surface area contributed by atoms with Crippen molar-refractivity contribution in [2.45, 2.75) is 40.5 Å². The maximum Gasteiger partial charge on any atom is 0.225 e. The van der Waals surface area contributed by atoms with E-state index in [2.05, 4.69) is 47.3 Å². The molecule has 0 saturated carbocycles. The molecular formula is C25H42N4O2. The third-order valence-corrected chi connectivity index (χ3v) is 6.71. The summed E-state index contributed by atoms with van der Waals surface area (Å²) in [6.45, 7) is 18.1. The number of benzene rings is 1. The molecule has 1 aliphatic rings. The van der Waals surface area contributed by atoms with Crippen LogP contribution in [0.25, 0.3) is 0 Å². The number of carbonyl (C=O) groups excluding carboxylic acids is 2. The Morgan fingerprint density at radius 1 is 0.871 bits per heavy atom. The molecule has 0 bridgehead atoms. The largest absolute Gasteiger partial charge is 0.371 e. The van der Waals surface area contributed by atoms with Crippen LogP contribution < -0.4 is 4.90 Å². The van der Waals surface area contributed by atoms with Gasteiger partial charge in [-0.25, -0.2) is 0 Å². The zero-order chi connectivity index (χ0) is 22.6. The van der Waals surface area contributed by atoms with Crippen molar-refractivity contribution < 1.29 is 9.59 Å². The molecule has 31 heavy (non-hydrogen) atoms. The highest BCUT2D eigenvalue weighted by molar-refractivity contribution is 5.79. The molecule has 0 unspecified atom stereocenters. The molecule has 1 aromatic carbocycles. The Balaban J connectivity index is 1.96. The van der Waals surface area contributed by atoms with Crippen LogP contribution in [0.1, 0.15) is 50.9 Å². The fourth-order valence-corrected chi connectivity index (χ4v) is 4.34. The predicted molar refractivity (Wildman–Crippen MR) is 129 cm³/mol. The van der Waals surface area contributed by atoms with E-state index in [-0.39, 0.29) is 5.92 Å². The number of rotatable bonds is 13. The molecule has 6 nitrogen and oxygen atoms in total. The van der Waals surface area contributed by atoms with Crippen LogP contribution >= 0.6 is 0 Å². The van der Waals surface area contributed by atoms with Crippen molar-refractivity contribution >= 4 is 17.9 Å².